The van der Waals surface area contributed by atoms with E-state index < -0.39 is 0 Å². The lowest BCUT2D eigenvalue weighted by atomic mass is 10.0. The van der Waals surface area contributed by atoms with Crippen LogP contribution in [-0.4, -0.2) is 36.8 Å². The third-order valence-corrected chi connectivity index (χ3v) is 4.59. The molecule has 0 radical (unpaired) electrons. The molecule has 1 aliphatic rings. The zero-order valence-electron chi connectivity index (χ0n) is 10.3. The second-order valence-corrected chi connectivity index (χ2v) is 5.81. The van der Waals surface area contributed by atoms with Crippen LogP contribution in [0.15, 0.2) is 0 Å². The fourth-order valence-corrected chi connectivity index (χ4v) is 3.04. The Balaban J connectivity index is 2.29. The van der Waals surface area contributed by atoms with Gasteiger partial charge in [0.05, 0.1) is 6.61 Å². The summed E-state index contributed by atoms with van der Waals surface area (Å²) < 4.78 is 5.47. The van der Waals surface area contributed by atoms with Crippen molar-refractivity contribution in [1.82, 2.24) is 5.32 Å². The average molecular weight is 231 g/mol. The summed E-state index contributed by atoms with van der Waals surface area (Å²) in [5.41, 5.74) is 0. The van der Waals surface area contributed by atoms with Gasteiger partial charge < -0.3 is 10.1 Å². The summed E-state index contributed by atoms with van der Waals surface area (Å²) in [6.07, 6.45) is 2.50. The van der Waals surface area contributed by atoms with Crippen LogP contribution in [0.25, 0.3) is 0 Å². The molecule has 1 rings (SSSR count). The van der Waals surface area contributed by atoms with E-state index in [9.17, 15) is 0 Å². The molecule has 1 aliphatic heterocycles. The Bertz CT molecular complexity index is 160. The first-order valence-corrected chi connectivity index (χ1v) is 7.25. The molecule has 0 spiro atoms. The molecule has 15 heavy (non-hydrogen) atoms. The van der Waals surface area contributed by atoms with Gasteiger partial charge in [0.2, 0.25) is 0 Å². The second kappa shape index (κ2) is 7.53. The minimum Gasteiger partial charge on any atom is -0.381 e. The lowest BCUT2D eigenvalue weighted by Gasteiger charge is -2.24. The van der Waals surface area contributed by atoms with Crippen LogP contribution in [0.5, 0.6) is 0 Å². The van der Waals surface area contributed by atoms with E-state index in [0.29, 0.717) is 6.04 Å². The van der Waals surface area contributed by atoms with Crippen molar-refractivity contribution < 1.29 is 4.74 Å². The smallest absolute Gasteiger partial charge is 0.0510 e. The first kappa shape index (κ1) is 13.3. The molecule has 1 fully saturated rings. The SMILES string of the molecule is CCNC(CSC(C)CC)C1CCOC1. The Kier molecular flexibility index (Phi) is 6.69. The highest BCUT2D eigenvalue weighted by molar-refractivity contribution is 7.99. The molecule has 1 saturated heterocycles. The van der Waals surface area contributed by atoms with Gasteiger partial charge >= 0.3 is 0 Å². The molecule has 2 nitrogen and oxygen atoms in total. The van der Waals surface area contributed by atoms with Crippen LogP contribution in [0, 0.1) is 5.92 Å². The Labute approximate surface area is 98.5 Å². The van der Waals surface area contributed by atoms with Crippen LogP contribution < -0.4 is 5.32 Å². The van der Waals surface area contributed by atoms with Gasteiger partial charge in [-0.15, -0.1) is 0 Å². The number of thioether (sulfide) groups is 1. The highest BCUT2D eigenvalue weighted by Gasteiger charge is 2.25. The van der Waals surface area contributed by atoms with Gasteiger partial charge in [0.1, 0.15) is 0 Å². The van der Waals surface area contributed by atoms with Crippen molar-refractivity contribution in [2.75, 3.05) is 25.5 Å². The van der Waals surface area contributed by atoms with Crippen molar-refractivity contribution in [3.8, 4) is 0 Å². The predicted octanol–water partition coefficient (Wildman–Crippen LogP) is 2.53. The summed E-state index contributed by atoms with van der Waals surface area (Å²) >= 11 is 2.09. The van der Waals surface area contributed by atoms with E-state index in [1.165, 1.54) is 18.6 Å². The van der Waals surface area contributed by atoms with Crippen LogP contribution in [0.1, 0.15) is 33.6 Å². The molecule has 0 aromatic heterocycles. The van der Waals surface area contributed by atoms with Gasteiger partial charge in [-0.2, -0.15) is 11.8 Å². The maximum absolute atomic E-state index is 5.47. The van der Waals surface area contributed by atoms with Crippen molar-refractivity contribution >= 4 is 11.8 Å². The van der Waals surface area contributed by atoms with Crippen molar-refractivity contribution in [1.29, 1.82) is 0 Å². The molecule has 0 aliphatic carbocycles. The van der Waals surface area contributed by atoms with Gasteiger partial charge in [0.25, 0.3) is 0 Å². The topological polar surface area (TPSA) is 21.3 Å². The standard InChI is InChI=1S/C12H25NOS/c1-4-10(3)15-9-12(13-5-2)11-6-7-14-8-11/h10-13H,4-9H2,1-3H3. The summed E-state index contributed by atoms with van der Waals surface area (Å²) in [4.78, 5) is 0. The summed E-state index contributed by atoms with van der Waals surface area (Å²) in [5, 5.41) is 4.39. The van der Waals surface area contributed by atoms with Crippen molar-refractivity contribution in [2.45, 2.75) is 44.9 Å². The lowest BCUT2D eigenvalue weighted by Crippen LogP contribution is -2.39. The number of nitrogens with one attached hydrogen (secondary N) is 1. The molecule has 3 atom stereocenters. The molecule has 0 amide bonds. The van der Waals surface area contributed by atoms with Crippen LogP contribution in [0.2, 0.25) is 0 Å². The molecule has 90 valence electrons. The van der Waals surface area contributed by atoms with E-state index in [-0.39, 0.29) is 0 Å². The van der Waals surface area contributed by atoms with Crippen LogP contribution >= 0.6 is 11.8 Å². The van der Waals surface area contributed by atoms with Gasteiger partial charge in [-0.1, -0.05) is 20.8 Å². The van der Waals surface area contributed by atoms with Crippen LogP contribution in [-0.2, 0) is 4.74 Å². The van der Waals surface area contributed by atoms with Gasteiger partial charge in [0, 0.05) is 29.6 Å². The molecule has 3 unspecified atom stereocenters. The van der Waals surface area contributed by atoms with Gasteiger partial charge in [0.15, 0.2) is 0 Å². The minimum absolute atomic E-state index is 0.650. The summed E-state index contributed by atoms with van der Waals surface area (Å²) in [6.45, 7) is 9.76. The highest BCUT2D eigenvalue weighted by Crippen LogP contribution is 2.22. The first-order chi connectivity index (χ1) is 7.27. The Morgan fingerprint density at radius 3 is 2.80 bits per heavy atom. The third-order valence-electron chi connectivity index (χ3n) is 3.14. The Morgan fingerprint density at radius 1 is 1.47 bits per heavy atom. The van der Waals surface area contributed by atoms with E-state index in [2.05, 4.69) is 37.8 Å². The molecule has 3 heteroatoms. The predicted molar refractivity (Wildman–Crippen MR) is 68.6 cm³/mol. The quantitative estimate of drug-likeness (QED) is 0.727. The monoisotopic (exact) mass is 231 g/mol. The van der Waals surface area contributed by atoms with E-state index in [0.717, 1.165) is 30.9 Å². The normalized spacial score (nSPS) is 25.4. The fraction of sp³-hybridized carbons (Fsp3) is 1.00. The van der Waals surface area contributed by atoms with Crippen LogP contribution in [0.3, 0.4) is 0 Å². The van der Waals surface area contributed by atoms with Gasteiger partial charge in [-0.25, -0.2) is 0 Å². The summed E-state index contributed by atoms with van der Waals surface area (Å²) in [7, 11) is 0. The molecule has 1 heterocycles. The summed E-state index contributed by atoms with van der Waals surface area (Å²) in [6, 6.07) is 0.650. The average Bonchev–Trinajstić information content (AvgIpc) is 2.76. The zero-order valence-corrected chi connectivity index (χ0v) is 11.1. The maximum Gasteiger partial charge on any atom is 0.0510 e. The van der Waals surface area contributed by atoms with E-state index in [4.69, 9.17) is 4.74 Å². The summed E-state index contributed by atoms with van der Waals surface area (Å²) in [5.74, 6) is 1.97. The third kappa shape index (κ3) is 4.75. The molecule has 0 saturated carbocycles. The number of rotatable bonds is 7. The van der Waals surface area contributed by atoms with Gasteiger partial charge in [-0.3, -0.25) is 0 Å². The first-order valence-electron chi connectivity index (χ1n) is 6.20. The number of hydrogen-bond acceptors (Lipinski definition) is 3. The van der Waals surface area contributed by atoms with Crippen molar-refractivity contribution in [3.05, 3.63) is 0 Å². The zero-order chi connectivity index (χ0) is 11.1. The van der Waals surface area contributed by atoms with Crippen molar-refractivity contribution in [2.24, 2.45) is 5.92 Å². The Hall–Kier alpha value is 0.270. The minimum atomic E-state index is 0.650. The van der Waals surface area contributed by atoms with Crippen LogP contribution in [0.4, 0.5) is 0 Å². The molecule has 0 aromatic carbocycles. The second-order valence-electron chi connectivity index (χ2n) is 4.34. The molecule has 0 bridgehead atoms. The Morgan fingerprint density at radius 2 is 2.27 bits per heavy atom. The lowest BCUT2D eigenvalue weighted by molar-refractivity contribution is 0.179. The molecular weight excluding hydrogens is 206 g/mol. The molecule has 0 aromatic rings. The highest BCUT2D eigenvalue weighted by atomic mass is 32.2. The van der Waals surface area contributed by atoms with Crippen molar-refractivity contribution in [3.63, 3.8) is 0 Å². The molecular formula is C12H25NOS. The number of hydrogen-bond donors (Lipinski definition) is 1. The fourth-order valence-electron chi connectivity index (χ4n) is 1.88. The van der Waals surface area contributed by atoms with Gasteiger partial charge in [-0.05, 0) is 19.4 Å². The number of ether oxygens (including phenoxy) is 1. The largest absolute Gasteiger partial charge is 0.381 e. The maximum atomic E-state index is 5.47. The molecule has 1 N–H and O–H groups in total. The van der Waals surface area contributed by atoms with E-state index in [1.807, 2.05) is 0 Å². The van der Waals surface area contributed by atoms with E-state index in [1.54, 1.807) is 0 Å². The van der Waals surface area contributed by atoms with E-state index >= 15 is 0 Å².